The quantitative estimate of drug-likeness (QED) is 0.507. The van der Waals surface area contributed by atoms with E-state index >= 15 is 0 Å². The lowest BCUT2D eigenvalue weighted by Gasteiger charge is -2.04. The topological polar surface area (TPSA) is 68.0 Å². The molecule has 0 atom stereocenters. The highest BCUT2D eigenvalue weighted by molar-refractivity contribution is 6.30. The van der Waals surface area contributed by atoms with Gasteiger partial charge in [0.25, 0.3) is 5.91 Å². The molecule has 5 nitrogen and oxygen atoms in total. The summed E-state index contributed by atoms with van der Waals surface area (Å²) in [5.74, 6) is 0.00254. The van der Waals surface area contributed by atoms with E-state index in [9.17, 15) is 4.79 Å². The van der Waals surface area contributed by atoms with Gasteiger partial charge in [-0.3, -0.25) is 10.1 Å². The Morgan fingerprint density at radius 1 is 0.857 bits per heavy atom. The standard InChI is InChI=1S/C22H16ClN3O2/c23-19-12-10-18(11-13-19)21-25-26-22(28-21)24-20(27)17-8-6-16(7-9-17)14-15-4-2-1-3-5-15/h1-13H,14H2,(H,24,26,27). The van der Waals surface area contributed by atoms with Gasteiger partial charge in [0.2, 0.25) is 5.89 Å². The third-order valence-electron chi connectivity index (χ3n) is 4.20. The van der Waals surface area contributed by atoms with Gasteiger partial charge < -0.3 is 4.42 Å². The van der Waals surface area contributed by atoms with Gasteiger partial charge in [-0.05, 0) is 53.9 Å². The van der Waals surface area contributed by atoms with Gasteiger partial charge in [0.05, 0.1) is 0 Å². The van der Waals surface area contributed by atoms with Gasteiger partial charge >= 0.3 is 6.01 Å². The van der Waals surface area contributed by atoms with Gasteiger partial charge in [-0.1, -0.05) is 59.2 Å². The van der Waals surface area contributed by atoms with E-state index in [1.807, 2.05) is 30.3 Å². The first-order valence-electron chi connectivity index (χ1n) is 8.71. The van der Waals surface area contributed by atoms with Crippen LogP contribution in [-0.4, -0.2) is 16.1 Å². The number of rotatable bonds is 5. The van der Waals surface area contributed by atoms with Crippen molar-refractivity contribution < 1.29 is 9.21 Å². The van der Waals surface area contributed by atoms with E-state index in [2.05, 4.69) is 27.6 Å². The van der Waals surface area contributed by atoms with Crippen LogP contribution in [0.1, 0.15) is 21.5 Å². The molecule has 0 aliphatic heterocycles. The number of carbonyl (C=O) groups excluding carboxylic acids is 1. The van der Waals surface area contributed by atoms with E-state index in [4.69, 9.17) is 16.0 Å². The summed E-state index contributed by atoms with van der Waals surface area (Å²) in [5, 5.41) is 11.1. The largest absolute Gasteiger partial charge is 0.403 e. The van der Waals surface area contributed by atoms with Gasteiger partial charge in [0.15, 0.2) is 0 Å². The summed E-state index contributed by atoms with van der Waals surface area (Å²) in [6.07, 6.45) is 0.816. The maximum absolute atomic E-state index is 12.4. The van der Waals surface area contributed by atoms with Crippen LogP contribution in [0.15, 0.2) is 83.3 Å². The summed E-state index contributed by atoms with van der Waals surface area (Å²) < 4.78 is 5.51. The highest BCUT2D eigenvalue weighted by atomic mass is 35.5. The molecule has 3 aromatic carbocycles. The van der Waals surface area contributed by atoms with Gasteiger partial charge in [-0.25, -0.2) is 0 Å². The fraction of sp³-hybridized carbons (Fsp3) is 0.0455. The summed E-state index contributed by atoms with van der Waals surface area (Å²) in [6.45, 7) is 0. The summed E-state index contributed by atoms with van der Waals surface area (Å²) in [6, 6.07) is 24.7. The zero-order valence-electron chi connectivity index (χ0n) is 14.8. The fourth-order valence-electron chi connectivity index (χ4n) is 2.76. The monoisotopic (exact) mass is 389 g/mol. The van der Waals surface area contributed by atoms with E-state index in [1.165, 1.54) is 5.56 Å². The summed E-state index contributed by atoms with van der Waals surface area (Å²) in [5.41, 5.74) is 3.59. The molecule has 0 saturated heterocycles. The first-order chi connectivity index (χ1) is 13.7. The minimum Gasteiger partial charge on any atom is -0.403 e. The third-order valence-corrected chi connectivity index (χ3v) is 4.46. The number of hydrogen-bond donors (Lipinski definition) is 1. The molecule has 138 valence electrons. The molecule has 0 bridgehead atoms. The van der Waals surface area contributed by atoms with E-state index in [-0.39, 0.29) is 11.9 Å². The summed E-state index contributed by atoms with van der Waals surface area (Å²) in [4.78, 5) is 12.4. The van der Waals surface area contributed by atoms with Crippen molar-refractivity contribution in [2.75, 3.05) is 5.32 Å². The highest BCUT2D eigenvalue weighted by Gasteiger charge is 2.13. The molecule has 1 N–H and O–H groups in total. The number of hydrogen-bond acceptors (Lipinski definition) is 4. The zero-order valence-corrected chi connectivity index (χ0v) is 15.6. The van der Waals surface area contributed by atoms with Crippen LogP contribution in [0.3, 0.4) is 0 Å². The minimum absolute atomic E-state index is 0.0447. The molecule has 1 heterocycles. The van der Waals surface area contributed by atoms with Crippen molar-refractivity contribution in [2.45, 2.75) is 6.42 Å². The van der Waals surface area contributed by atoms with Crippen molar-refractivity contribution in [1.82, 2.24) is 10.2 Å². The van der Waals surface area contributed by atoms with Crippen molar-refractivity contribution in [3.8, 4) is 11.5 Å². The molecule has 0 fully saturated rings. The average molecular weight is 390 g/mol. The molecule has 4 aromatic rings. The fourth-order valence-corrected chi connectivity index (χ4v) is 2.88. The second-order valence-corrected chi connectivity index (χ2v) is 6.67. The third kappa shape index (κ3) is 4.27. The molecule has 0 radical (unpaired) electrons. The molecule has 28 heavy (non-hydrogen) atoms. The van der Waals surface area contributed by atoms with Crippen LogP contribution in [0.4, 0.5) is 6.01 Å². The van der Waals surface area contributed by atoms with Crippen molar-refractivity contribution in [1.29, 1.82) is 0 Å². The van der Waals surface area contributed by atoms with Crippen molar-refractivity contribution in [3.63, 3.8) is 0 Å². The smallest absolute Gasteiger partial charge is 0.322 e. The maximum atomic E-state index is 12.4. The van der Waals surface area contributed by atoms with Crippen LogP contribution in [0.25, 0.3) is 11.5 Å². The number of amides is 1. The number of halogens is 1. The van der Waals surface area contributed by atoms with Gasteiger partial charge in [-0.15, -0.1) is 5.10 Å². The van der Waals surface area contributed by atoms with Gasteiger partial charge in [0, 0.05) is 16.1 Å². The molecule has 1 amide bonds. The molecule has 0 spiro atoms. The van der Waals surface area contributed by atoms with Crippen LogP contribution < -0.4 is 5.32 Å². The number of anilines is 1. The lowest BCUT2D eigenvalue weighted by molar-refractivity contribution is 0.102. The molecular formula is C22H16ClN3O2. The predicted molar refractivity (Wildman–Crippen MR) is 108 cm³/mol. The first-order valence-corrected chi connectivity index (χ1v) is 9.09. The van der Waals surface area contributed by atoms with E-state index in [0.717, 1.165) is 17.5 Å². The number of nitrogens with one attached hydrogen (secondary N) is 1. The Morgan fingerprint density at radius 3 is 2.25 bits per heavy atom. The normalized spacial score (nSPS) is 10.6. The van der Waals surface area contributed by atoms with Gasteiger partial charge in [-0.2, -0.15) is 0 Å². The highest BCUT2D eigenvalue weighted by Crippen LogP contribution is 2.22. The lowest BCUT2D eigenvalue weighted by Crippen LogP contribution is -2.12. The first kappa shape index (κ1) is 17.9. The Morgan fingerprint density at radius 2 is 1.54 bits per heavy atom. The molecule has 0 saturated carbocycles. The van der Waals surface area contributed by atoms with Crippen LogP contribution in [0, 0.1) is 0 Å². The SMILES string of the molecule is O=C(Nc1nnc(-c2ccc(Cl)cc2)o1)c1ccc(Cc2ccccc2)cc1. The Kier molecular flexibility index (Phi) is 5.17. The Labute approximate surface area is 167 Å². The minimum atomic E-state index is -0.308. The van der Waals surface area contributed by atoms with Crippen molar-refractivity contribution in [2.24, 2.45) is 0 Å². The van der Waals surface area contributed by atoms with Crippen molar-refractivity contribution >= 4 is 23.5 Å². The molecule has 0 aliphatic carbocycles. The second kappa shape index (κ2) is 8.06. The van der Waals surface area contributed by atoms with E-state index in [0.29, 0.717) is 16.5 Å². The maximum Gasteiger partial charge on any atom is 0.322 e. The number of carbonyl (C=O) groups is 1. The Balaban J connectivity index is 1.42. The lowest BCUT2D eigenvalue weighted by atomic mass is 10.0. The van der Waals surface area contributed by atoms with Crippen LogP contribution in [0.2, 0.25) is 5.02 Å². The number of aromatic nitrogens is 2. The zero-order chi connectivity index (χ0) is 19.3. The van der Waals surface area contributed by atoms with E-state index < -0.39 is 0 Å². The van der Waals surface area contributed by atoms with Crippen LogP contribution in [-0.2, 0) is 6.42 Å². The van der Waals surface area contributed by atoms with Crippen LogP contribution in [0.5, 0.6) is 0 Å². The molecule has 0 aliphatic rings. The van der Waals surface area contributed by atoms with Crippen LogP contribution >= 0.6 is 11.6 Å². The average Bonchev–Trinajstić information content (AvgIpc) is 3.18. The summed E-state index contributed by atoms with van der Waals surface area (Å²) in [7, 11) is 0. The Hall–Kier alpha value is -3.44. The molecule has 6 heteroatoms. The summed E-state index contributed by atoms with van der Waals surface area (Å²) >= 11 is 5.87. The molecular weight excluding hydrogens is 374 g/mol. The number of nitrogens with zero attached hydrogens (tertiary/aromatic N) is 2. The number of benzene rings is 3. The molecule has 1 aromatic heterocycles. The predicted octanol–water partition coefficient (Wildman–Crippen LogP) is 5.23. The molecule has 4 rings (SSSR count). The van der Waals surface area contributed by atoms with E-state index in [1.54, 1.807) is 36.4 Å². The van der Waals surface area contributed by atoms with Crippen molar-refractivity contribution in [3.05, 3.63) is 101 Å². The molecule has 0 unspecified atom stereocenters. The van der Waals surface area contributed by atoms with Gasteiger partial charge in [0.1, 0.15) is 0 Å². The second-order valence-electron chi connectivity index (χ2n) is 6.23. The Bertz CT molecular complexity index is 1070.